The molecule has 0 aliphatic heterocycles. The summed E-state index contributed by atoms with van der Waals surface area (Å²) in [6.45, 7) is 19.0. The normalized spacial score (nSPS) is 14.9. The van der Waals surface area contributed by atoms with Crippen molar-refractivity contribution >= 4 is 0 Å². The Hall–Kier alpha value is -0.770. The quantitative estimate of drug-likeness (QED) is 0.248. The third-order valence-corrected chi connectivity index (χ3v) is 4.67. The summed E-state index contributed by atoms with van der Waals surface area (Å²) in [6, 6.07) is 0. The van der Waals surface area contributed by atoms with Gasteiger partial charge in [0.1, 0.15) is 0 Å². The lowest BCUT2D eigenvalue weighted by Crippen LogP contribution is -2.00. The number of rotatable bonds is 13. The maximum Gasteiger partial charge on any atom is 0.233 e. The van der Waals surface area contributed by atoms with E-state index in [2.05, 4.69) is 45.5 Å². The Balaban J connectivity index is 3.57. The Labute approximate surface area is 140 Å². The van der Waals surface area contributed by atoms with E-state index in [0.717, 1.165) is 17.8 Å². The Morgan fingerprint density at radius 1 is 0.864 bits per heavy atom. The molecule has 0 aliphatic carbocycles. The van der Waals surface area contributed by atoms with Crippen molar-refractivity contribution in [3.05, 3.63) is 23.1 Å². The Bertz CT molecular complexity index is 321. The molecule has 0 saturated heterocycles. The summed E-state index contributed by atoms with van der Waals surface area (Å²) in [4.78, 5) is 3.38. The van der Waals surface area contributed by atoms with Crippen molar-refractivity contribution in [3.8, 4) is 0 Å². The van der Waals surface area contributed by atoms with Gasteiger partial charge in [0.25, 0.3) is 0 Å². The number of nitrogens with zero attached hydrogens (tertiary/aromatic N) is 1. The van der Waals surface area contributed by atoms with Crippen LogP contribution in [-0.4, -0.2) is 6.54 Å². The first-order valence-electron chi connectivity index (χ1n) is 9.44. The molecule has 0 bridgehead atoms. The van der Waals surface area contributed by atoms with E-state index in [1.165, 1.54) is 63.4 Å². The van der Waals surface area contributed by atoms with Crippen molar-refractivity contribution in [1.82, 2.24) is 0 Å². The largest absolute Gasteiger partial charge is 0.312 e. The smallest absolute Gasteiger partial charge is 0.233 e. The van der Waals surface area contributed by atoms with Gasteiger partial charge in [-0.1, -0.05) is 78.2 Å². The Morgan fingerprint density at radius 3 is 1.86 bits per heavy atom. The minimum Gasteiger partial charge on any atom is -0.312 e. The molecular weight excluding hydrogens is 266 g/mol. The molecule has 0 aromatic carbocycles. The van der Waals surface area contributed by atoms with E-state index in [-0.39, 0.29) is 0 Å². The van der Waals surface area contributed by atoms with Crippen molar-refractivity contribution in [2.45, 2.75) is 92.4 Å². The van der Waals surface area contributed by atoms with E-state index in [9.17, 15) is 0 Å². The molecule has 0 rings (SSSR count). The average Bonchev–Trinajstić information content (AvgIpc) is 2.44. The van der Waals surface area contributed by atoms with Crippen LogP contribution in [0.1, 0.15) is 92.4 Å². The third kappa shape index (κ3) is 14.2. The molecule has 0 amide bonds. The second-order valence-electron chi connectivity index (χ2n) is 7.75. The molecule has 0 radical (unpaired) electrons. The summed E-state index contributed by atoms with van der Waals surface area (Å²) < 4.78 is 0. The maximum atomic E-state index is 6.80. The van der Waals surface area contributed by atoms with Crippen LogP contribution in [0.5, 0.6) is 0 Å². The van der Waals surface area contributed by atoms with E-state index in [1.807, 2.05) is 0 Å². The standard InChI is InChI=1S/C21H39N/c1-18(2)10-7-11-19(3)12-8-13-20(4)14-9-15-21(5)16-17-22-6/h16,18-20H,7-15,17H2,1-5H3. The number of hydrogen-bond donors (Lipinski definition) is 0. The van der Waals surface area contributed by atoms with E-state index in [1.54, 1.807) is 0 Å². The van der Waals surface area contributed by atoms with E-state index in [4.69, 9.17) is 6.57 Å². The van der Waals surface area contributed by atoms with E-state index >= 15 is 0 Å². The maximum absolute atomic E-state index is 6.80. The van der Waals surface area contributed by atoms with Crippen molar-refractivity contribution in [1.29, 1.82) is 0 Å². The van der Waals surface area contributed by atoms with Gasteiger partial charge in [0.05, 0.1) is 0 Å². The van der Waals surface area contributed by atoms with Crippen LogP contribution >= 0.6 is 0 Å². The van der Waals surface area contributed by atoms with Gasteiger partial charge in [-0.25, -0.2) is 6.57 Å². The molecule has 0 heterocycles. The molecule has 1 nitrogen and oxygen atoms in total. The molecule has 0 spiro atoms. The van der Waals surface area contributed by atoms with E-state index in [0.29, 0.717) is 6.54 Å². The highest BCUT2D eigenvalue weighted by atomic mass is 14.6. The summed E-state index contributed by atoms with van der Waals surface area (Å²) in [7, 11) is 0. The predicted octanol–water partition coefficient (Wildman–Crippen LogP) is 7.29. The lowest BCUT2D eigenvalue weighted by molar-refractivity contribution is 0.389. The molecule has 0 N–H and O–H groups in total. The molecule has 128 valence electrons. The van der Waals surface area contributed by atoms with Crippen LogP contribution in [0.3, 0.4) is 0 Å². The second-order valence-corrected chi connectivity index (χ2v) is 7.75. The topological polar surface area (TPSA) is 4.36 Å². The highest BCUT2D eigenvalue weighted by molar-refractivity contribution is 5.01. The first-order valence-corrected chi connectivity index (χ1v) is 9.44. The van der Waals surface area contributed by atoms with Crippen LogP contribution in [0.15, 0.2) is 11.6 Å². The molecule has 0 aromatic heterocycles. The average molecular weight is 306 g/mol. The van der Waals surface area contributed by atoms with Crippen molar-refractivity contribution < 1.29 is 0 Å². The van der Waals surface area contributed by atoms with Crippen molar-refractivity contribution in [2.24, 2.45) is 17.8 Å². The number of allylic oxidation sites excluding steroid dienone is 1. The molecule has 0 aliphatic rings. The predicted molar refractivity (Wildman–Crippen MR) is 99.9 cm³/mol. The molecule has 2 atom stereocenters. The fourth-order valence-electron chi connectivity index (χ4n) is 3.01. The molecular formula is C21H39N. The molecule has 0 aromatic rings. The summed E-state index contributed by atoms with van der Waals surface area (Å²) in [6.07, 6.45) is 14.3. The highest BCUT2D eigenvalue weighted by Crippen LogP contribution is 2.21. The summed E-state index contributed by atoms with van der Waals surface area (Å²) in [5, 5.41) is 0. The molecule has 22 heavy (non-hydrogen) atoms. The molecule has 1 heteroatoms. The van der Waals surface area contributed by atoms with Crippen LogP contribution in [0.25, 0.3) is 4.85 Å². The highest BCUT2D eigenvalue weighted by Gasteiger charge is 2.06. The third-order valence-electron chi connectivity index (χ3n) is 4.67. The fraction of sp³-hybridized carbons (Fsp3) is 0.857. The monoisotopic (exact) mass is 305 g/mol. The summed E-state index contributed by atoms with van der Waals surface area (Å²) in [5.74, 6) is 2.63. The number of hydrogen-bond acceptors (Lipinski definition) is 0. The minimum atomic E-state index is 0.552. The lowest BCUT2D eigenvalue weighted by atomic mass is 9.91. The first-order chi connectivity index (χ1) is 10.5. The lowest BCUT2D eigenvalue weighted by Gasteiger charge is -2.15. The zero-order chi connectivity index (χ0) is 16.8. The van der Waals surface area contributed by atoms with Gasteiger partial charge >= 0.3 is 0 Å². The van der Waals surface area contributed by atoms with Crippen molar-refractivity contribution in [3.63, 3.8) is 0 Å². The Kier molecular flexibility index (Phi) is 13.4. The SMILES string of the molecule is [C-]#[N+]CC=C(C)CCCC(C)CCCC(C)CCCC(C)C. The van der Waals surface area contributed by atoms with Crippen LogP contribution in [0, 0.1) is 24.3 Å². The van der Waals surface area contributed by atoms with Gasteiger partial charge in [0, 0.05) is 0 Å². The van der Waals surface area contributed by atoms with Gasteiger partial charge < -0.3 is 4.85 Å². The minimum absolute atomic E-state index is 0.552. The Morgan fingerprint density at radius 2 is 1.36 bits per heavy atom. The van der Waals surface area contributed by atoms with Gasteiger partial charge in [-0.2, -0.15) is 0 Å². The summed E-state index contributed by atoms with van der Waals surface area (Å²) >= 11 is 0. The fourth-order valence-corrected chi connectivity index (χ4v) is 3.01. The van der Waals surface area contributed by atoms with Gasteiger partial charge in [0.2, 0.25) is 6.54 Å². The van der Waals surface area contributed by atoms with E-state index < -0.39 is 0 Å². The first kappa shape index (κ1) is 21.2. The van der Waals surface area contributed by atoms with Gasteiger partial charge in [-0.05, 0) is 43.6 Å². The second kappa shape index (κ2) is 13.9. The zero-order valence-electron chi connectivity index (χ0n) is 15.8. The van der Waals surface area contributed by atoms with Gasteiger partial charge in [-0.15, -0.1) is 0 Å². The van der Waals surface area contributed by atoms with Crippen LogP contribution in [-0.2, 0) is 0 Å². The molecule has 2 unspecified atom stereocenters. The van der Waals surface area contributed by atoms with Crippen LogP contribution in [0.4, 0.5) is 0 Å². The van der Waals surface area contributed by atoms with Crippen molar-refractivity contribution in [2.75, 3.05) is 6.54 Å². The zero-order valence-corrected chi connectivity index (χ0v) is 15.8. The van der Waals surface area contributed by atoms with Crippen LogP contribution in [0.2, 0.25) is 0 Å². The molecule has 0 saturated carbocycles. The summed E-state index contributed by atoms with van der Waals surface area (Å²) in [5.41, 5.74) is 1.39. The van der Waals surface area contributed by atoms with Gasteiger partial charge in [0.15, 0.2) is 0 Å². The van der Waals surface area contributed by atoms with Crippen LogP contribution < -0.4 is 0 Å². The van der Waals surface area contributed by atoms with Gasteiger partial charge in [-0.3, -0.25) is 0 Å². The molecule has 0 fully saturated rings.